The molecule has 12 aromatic rings. The summed E-state index contributed by atoms with van der Waals surface area (Å²) in [6.07, 6.45) is 0. The number of carbonyl (C=O) groups excluding carboxylic acids is 2. The molecule has 8 aliphatic rings. The molecule has 0 saturated heterocycles. The van der Waals surface area contributed by atoms with Crippen molar-refractivity contribution in [2.75, 3.05) is 0 Å². The zero-order valence-electron chi connectivity index (χ0n) is 37.6. The van der Waals surface area contributed by atoms with Gasteiger partial charge in [0.2, 0.25) is 0 Å². The second kappa shape index (κ2) is 12.1. The Morgan fingerprint density at radius 1 is 0.314 bits per heavy atom. The highest BCUT2D eigenvalue weighted by Gasteiger charge is 2.54. The van der Waals surface area contributed by atoms with Crippen LogP contribution in [0.15, 0.2) is 200 Å². The Hall–Kier alpha value is -8.66. The fourth-order valence-corrected chi connectivity index (χ4v) is 15.6. The molecule has 70 heavy (non-hydrogen) atoms. The summed E-state index contributed by atoms with van der Waals surface area (Å²) in [6, 6.07) is 73.5. The van der Waals surface area contributed by atoms with Gasteiger partial charge in [-0.15, -0.1) is 0 Å². The first-order chi connectivity index (χ1) is 34.6. The third kappa shape index (κ3) is 3.87. The molecule has 0 saturated carbocycles. The Labute approximate surface area is 402 Å². The number of rotatable bonds is 0. The molecule has 0 amide bonds. The van der Waals surface area contributed by atoms with Crippen molar-refractivity contribution < 1.29 is 9.59 Å². The lowest BCUT2D eigenvalue weighted by Gasteiger charge is -2.31. The molecular weight excluding hydrogens is 851 g/mol. The van der Waals surface area contributed by atoms with E-state index in [1.165, 1.54) is 77.5 Å². The van der Waals surface area contributed by atoms with Crippen molar-refractivity contribution >= 4 is 49.7 Å². The molecule has 0 unspecified atom stereocenters. The lowest BCUT2D eigenvalue weighted by molar-refractivity contribution is 0.0966. The number of hydrogen-bond donors (Lipinski definition) is 0. The molecule has 10 aromatic carbocycles. The first kappa shape index (κ1) is 36.4. The van der Waals surface area contributed by atoms with Crippen molar-refractivity contribution in [1.29, 1.82) is 0 Å². The Morgan fingerprint density at radius 2 is 0.671 bits per heavy atom. The maximum absolute atomic E-state index is 15.7. The van der Waals surface area contributed by atoms with E-state index in [0.717, 1.165) is 71.8 Å². The lowest BCUT2D eigenvalue weighted by Crippen LogP contribution is -2.26. The molecule has 0 fully saturated rings. The van der Waals surface area contributed by atoms with Crippen molar-refractivity contribution in [3.63, 3.8) is 0 Å². The molecule has 3 nitrogen and oxygen atoms in total. The van der Waals surface area contributed by atoms with E-state index in [0.29, 0.717) is 0 Å². The van der Waals surface area contributed by atoms with Crippen molar-refractivity contribution in [2.45, 2.75) is 29.1 Å². The maximum atomic E-state index is 15.7. The van der Waals surface area contributed by atoms with Gasteiger partial charge >= 0.3 is 0 Å². The number of aromatic nitrogens is 1. The van der Waals surface area contributed by atoms with Crippen LogP contribution in [0, 0.1) is 0 Å². The maximum Gasteiger partial charge on any atom is 0.175 e. The summed E-state index contributed by atoms with van der Waals surface area (Å²) in [6.45, 7) is 0. The van der Waals surface area contributed by atoms with Crippen LogP contribution in [0.1, 0.15) is 122 Å². The lowest BCUT2D eigenvalue weighted by atomic mass is 9.69. The number of fused-ring (bicyclic) bond motifs is 17. The number of benzene rings is 10. The van der Waals surface area contributed by atoms with Gasteiger partial charge in [0, 0.05) is 44.5 Å². The normalized spacial score (nSPS) is 19.6. The van der Waals surface area contributed by atoms with Gasteiger partial charge in [-0.2, -0.15) is 0 Å². The average Bonchev–Trinajstić information content (AvgIpc) is 4.03. The zero-order valence-corrected chi connectivity index (χ0v) is 37.6. The largest absolute Gasteiger partial charge is 0.308 e. The first-order valence-electron chi connectivity index (χ1n) is 24.7. The fraction of sp³-hybridized carbons (Fsp3) is 0.0746. The fourth-order valence-electron chi connectivity index (χ4n) is 15.6. The molecule has 0 radical (unpaired) electrons. The second-order valence-electron chi connectivity index (χ2n) is 20.7. The molecule has 1 spiro atoms. The molecule has 2 aromatic heterocycles. The van der Waals surface area contributed by atoms with E-state index in [-0.39, 0.29) is 29.3 Å². The standard InChI is InChI=1S/C67H37NO2/c69-65-50-32-56-45(29-46(50)58-37-18-1-5-22-41(37)60(65)42-23-6-2-19-38(42)58)49-31-48-36-17-11-14-28-55(36)67(53-26-12-9-15-34(53)35-16-10-13-27-54(35)67)63(48)62-52-30-47-51(33-57(52)68(56)64(49)62)66(70)61-43-24-7-3-20-39(43)59(47)40-21-4-8-25-44(40)61/h1-33,58-61H. The van der Waals surface area contributed by atoms with Gasteiger partial charge in [-0.25, -0.2) is 0 Å². The predicted molar refractivity (Wildman–Crippen MR) is 277 cm³/mol. The predicted octanol–water partition coefficient (Wildman–Crippen LogP) is 14.8. The Morgan fingerprint density at radius 3 is 1.11 bits per heavy atom. The average molecular weight is 888 g/mol. The molecule has 2 heterocycles. The summed E-state index contributed by atoms with van der Waals surface area (Å²) >= 11 is 0. The van der Waals surface area contributed by atoms with E-state index in [2.05, 4.69) is 205 Å². The molecule has 20 rings (SSSR count). The molecule has 3 heteroatoms. The second-order valence-corrected chi connectivity index (χ2v) is 20.7. The van der Waals surface area contributed by atoms with Crippen LogP contribution in [0.25, 0.3) is 60.3 Å². The van der Waals surface area contributed by atoms with Crippen molar-refractivity contribution in [1.82, 2.24) is 4.40 Å². The van der Waals surface area contributed by atoms with Gasteiger partial charge in [0.05, 0.1) is 33.8 Å². The van der Waals surface area contributed by atoms with Crippen LogP contribution >= 0.6 is 0 Å². The minimum absolute atomic E-state index is 0.0837. The smallest absolute Gasteiger partial charge is 0.175 e. The van der Waals surface area contributed by atoms with Crippen LogP contribution < -0.4 is 0 Å². The van der Waals surface area contributed by atoms with Gasteiger partial charge in [-0.1, -0.05) is 170 Å². The topological polar surface area (TPSA) is 38.5 Å². The van der Waals surface area contributed by atoms with Gasteiger partial charge in [0.15, 0.2) is 11.6 Å². The van der Waals surface area contributed by atoms with Crippen LogP contribution in [0.2, 0.25) is 0 Å². The third-order valence-electron chi connectivity index (χ3n) is 18.0. The molecule has 8 aliphatic carbocycles. The van der Waals surface area contributed by atoms with E-state index in [1.54, 1.807) is 0 Å². The number of ketones is 2. The summed E-state index contributed by atoms with van der Waals surface area (Å²) < 4.78 is 2.46. The van der Waals surface area contributed by atoms with Crippen molar-refractivity contribution in [3.05, 3.63) is 289 Å². The van der Waals surface area contributed by atoms with Crippen LogP contribution in [0.4, 0.5) is 0 Å². The summed E-state index contributed by atoms with van der Waals surface area (Å²) in [5.74, 6) is -0.681. The first-order valence-corrected chi connectivity index (χ1v) is 24.7. The summed E-state index contributed by atoms with van der Waals surface area (Å²) in [7, 11) is 0. The van der Waals surface area contributed by atoms with E-state index < -0.39 is 11.3 Å². The van der Waals surface area contributed by atoms with Gasteiger partial charge in [-0.3, -0.25) is 9.59 Å². The monoisotopic (exact) mass is 887 g/mol. The molecule has 322 valence electrons. The highest BCUT2D eigenvalue weighted by atomic mass is 16.1. The summed E-state index contributed by atoms with van der Waals surface area (Å²) in [4.78, 5) is 31.2. The Kier molecular flexibility index (Phi) is 6.31. The highest BCUT2D eigenvalue weighted by molar-refractivity contribution is 6.29. The minimum Gasteiger partial charge on any atom is -0.308 e. The number of nitrogens with zero attached hydrogens (tertiary/aromatic N) is 1. The number of Topliss-reactive ketones (excluding diaryl/α,β-unsaturated/α-hetero) is 2. The minimum atomic E-state index is -0.606. The van der Waals surface area contributed by atoms with Gasteiger partial charge in [0.25, 0.3) is 0 Å². The molecule has 0 aliphatic heterocycles. The molecule has 0 N–H and O–H groups in total. The molecule has 4 bridgehead atoms. The zero-order chi connectivity index (χ0) is 45.5. The third-order valence-corrected chi connectivity index (χ3v) is 18.0. The van der Waals surface area contributed by atoms with Crippen LogP contribution in [0.3, 0.4) is 0 Å². The van der Waals surface area contributed by atoms with E-state index in [9.17, 15) is 0 Å². The van der Waals surface area contributed by atoms with Crippen molar-refractivity contribution in [3.8, 4) is 22.3 Å². The van der Waals surface area contributed by atoms with Crippen molar-refractivity contribution in [2.24, 2.45) is 0 Å². The molecule has 0 atom stereocenters. The highest BCUT2D eigenvalue weighted by Crippen LogP contribution is 2.66. The number of hydrogen-bond acceptors (Lipinski definition) is 2. The van der Waals surface area contributed by atoms with E-state index in [1.807, 2.05) is 0 Å². The van der Waals surface area contributed by atoms with E-state index >= 15 is 9.59 Å². The van der Waals surface area contributed by atoms with Gasteiger partial charge < -0.3 is 4.40 Å². The van der Waals surface area contributed by atoms with Crippen LogP contribution in [0.5, 0.6) is 0 Å². The summed E-state index contributed by atoms with van der Waals surface area (Å²) in [5.41, 5.74) is 25.7. The SMILES string of the molecule is O=C1c2cc3c(cc2C2c4ccccc4C1c1ccccc12)c1cc2c(c4c5cc6c(cc5n3c14)C(=O)C1c3ccccc3C6c3ccccc31)C1(c3ccccc3-c3ccccc31)c1ccccc1-2. The summed E-state index contributed by atoms with van der Waals surface area (Å²) in [5, 5.41) is 4.65. The quantitative estimate of drug-likeness (QED) is 0.152. The number of carbonyl (C=O) groups is 2. The Balaban J connectivity index is 1.05. The van der Waals surface area contributed by atoms with E-state index in [4.69, 9.17) is 0 Å². The van der Waals surface area contributed by atoms with Crippen LogP contribution in [-0.4, -0.2) is 16.0 Å². The van der Waals surface area contributed by atoms with Crippen LogP contribution in [-0.2, 0) is 5.41 Å². The molecular formula is C67H37NO2. The van der Waals surface area contributed by atoms with Gasteiger partial charge in [-0.05, 0) is 130 Å². The van der Waals surface area contributed by atoms with Gasteiger partial charge in [0.1, 0.15) is 0 Å². The Bertz CT molecular complexity index is 4370.